The number of carbonyl (C=O) groups is 4. The number of ketones is 3. The van der Waals surface area contributed by atoms with Crippen molar-refractivity contribution >= 4 is 23.3 Å². The van der Waals surface area contributed by atoms with Gasteiger partial charge in [-0.2, -0.15) is 0 Å². The number of rotatable bonds is 44. The van der Waals surface area contributed by atoms with Gasteiger partial charge in [0.2, 0.25) is 0 Å². The number of carboxylic acids is 1. The molecule has 0 amide bonds. The maximum Gasteiger partial charge on any atom is 0.332 e. The summed E-state index contributed by atoms with van der Waals surface area (Å²) in [7, 11) is 0. The van der Waals surface area contributed by atoms with Gasteiger partial charge in [-0.25, -0.2) is 4.79 Å². The molecule has 0 saturated carbocycles. The van der Waals surface area contributed by atoms with E-state index in [-0.39, 0.29) is 19.3 Å². The van der Waals surface area contributed by atoms with Crippen molar-refractivity contribution in [2.24, 2.45) is 11.7 Å². The summed E-state index contributed by atoms with van der Waals surface area (Å²) in [6.45, 7) is 6.40. The van der Waals surface area contributed by atoms with Gasteiger partial charge in [0.25, 0.3) is 0 Å². The first-order valence-corrected chi connectivity index (χ1v) is 25.2. The van der Waals surface area contributed by atoms with Gasteiger partial charge in [-0.3, -0.25) is 14.4 Å². The van der Waals surface area contributed by atoms with Gasteiger partial charge in [-0.15, -0.1) is 0 Å². The van der Waals surface area contributed by atoms with Gasteiger partial charge in [0.05, 0.1) is 0 Å². The number of nitrogens with two attached hydrogens (primary N) is 1. The third-order valence-electron chi connectivity index (χ3n) is 11.1. The number of aliphatic carboxylic acids is 1. The monoisotopic (exact) mass is 870 g/mol. The molecule has 0 spiro atoms. The van der Waals surface area contributed by atoms with Crippen LogP contribution in [0.3, 0.4) is 0 Å². The maximum absolute atomic E-state index is 13.8. The second-order valence-electron chi connectivity index (χ2n) is 16.8. The molecular formula is C57H91NO5. The Labute approximate surface area is 386 Å². The molecule has 3 N–H and O–H groups in total. The number of hydrogen-bond donors (Lipinski definition) is 2. The lowest BCUT2D eigenvalue weighted by Gasteiger charge is -2.31. The molecule has 0 rings (SSSR count). The van der Waals surface area contributed by atoms with E-state index in [2.05, 4.69) is 130 Å². The van der Waals surface area contributed by atoms with Crippen molar-refractivity contribution in [1.29, 1.82) is 0 Å². The minimum absolute atomic E-state index is 0.0514. The summed E-state index contributed by atoms with van der Waals surface area (Å²) >= 11 is 0. The first kappa shape index (κ1) is 59.1. The van der Waals surface area contributed by atoms with Crippen LogP contribution in [0.25, 0.3) is 0 Å². The van der Waals surface area contributed by atoms with Crippen molar-refractivity contribution in [3.05, 3.63) is 109 Å². The van der Waals surface area contributed by atoms with Gasteiger partial charge in [0.15, 0.2) is 11.3 Å². The summed E-state index contributed by atoms with van der Waals surface area (Å²) in [4.78, 5) is 54.1. The number of carbonyl (C=O) groups excluding carboxylic acids is 3. The van der Waals surface area contributed by atoms with E-state index in [0.29, 0.717) is 19.3 Å². The summed E-state index contributed by atoms with van der Waals surface area (Å²) in [6, 6.07) is 0. The largest absolute Gasteiger partial charge is 0.480 e. The summed E-state index contributed by atoms with van der Waals surface area (Å²) in [6.07, 6.45) is 64.4. The van der Waals surface area contributed by atoms with E-state index >= 15 is 0 Å². The van der Waals surface area contributed by atoms with E-state index in [1.54, 1.807) is 0 Å². The van der Waals surface area contributed by atoms with Crippen LogP contribution in [-0.4, -0.2) is 34.0 Å². The molecule has 0 radical (unpaired) electrons. The lowest BCUT2D eigenvalue weighted by molar-refractivity contribution is -0.157. The van der Waals surface area contributed by atoms with Gasteiger partial charge in [0, 0.05) is 19.3 Å². The van der Waals surface area contributed by atoms with Gasteiger partial charge in [-0.1, -0.05) is 188 Å². The van der Waals surface area contributed by atoms with Crippen LogP contribution in [0.15, 0.2) is 109 Å². The average Bonchev–Trinajstić information content (AvgIpc) is 3.27. The van der Waals surface area contributed by atoms with Crippen LogP contribution in [0, 0.1) is 5.92 Å². The summed E-state index contributed by atoms with van der Waals surface area (Å²) in [5.41, 5.74) is 3.93. The third kappa shape index (κ3) is 34.2. The molecule has 0 aliphatic heterocycles. The molecule has 0 aromatic heterocycles. The molecule has 63 heavy (non-hydrogen) atoms. The van der Waals surface area contributed by atoms with E-state index in [0.717, 1.165) is 154 Å². The zero-order chi connectivity index (χ0) is 46.3. The predicted octanol–water partition coefficient (Wildman–Crippen LogP) is 15.9. The second-order valence-corrected chi connectivity index (χ2v) is 16.8. The summed E-state index contributed by atoms with van der Waals surface area (Å²) in [5, 5.41) is 10.4. The van der Waals surface area contributed by atoms with Crippen LogP contribution < -0.4 is 5.73 Å². The number of Topliss-reactive ketones (excluding diaryl/α,β-unsaturated/α-hetero) is 3. The molecule has 0 aromatic carbocycles. The fourth-order valence-electron chi connectivity index (χ4n) is 7.33. The average molecular weight is 870 g/mol. The molecule has 0 aliphatic rings. The fraction of sp³-hybridized carbons (Fsp3) is 0.614. The number of allylic oxidation sites excluding steroid dienone is 18. The third-order valence-corrected chi connectivity index (χ3v) is 11.1. The zero-order valence-corrected chi connectivity index (χ0v) is 40.3. The van der Waals surface area contributed by atoms with E-state index < -0.39 is 34.8 Å². The highest BCUT2D eigenvalue weighted by Crippen LogP contribution is 2.27. The van der Waals surface area contributed by atoms with Crippen LogP contribution in [-0.2, 0) is 19.2 Å². The highest BCUT2D eigenvalue weighted by Gasteiger charge is 2.54. The standard InChI is InChI=1S/C57H91NO5/c1-4-7-10-13-16-19-22-25-28-31-34-37-40-43-46-49-52(59)55(53(60)50-47-44-41-38-35-32-29-26-23-20-17-14-11-8-5-2)57(58,56(62)63)54(61)51-48-45-42-39-36-33-30-27-24-21-18-15-12-9-6-3/h7-12,16-21,25-30,55H,4-6,13-15,22-24,31-51,58H2,1-3H3,(H,62,63)/b10-7-,11-8-,12-9-,19-16-,20-17-,21-18-,28-25-,29-26-,30-27-. The Bertz CT molecular complexity index is 1380. The lowest BCUT2D eigenvalue weighted by Crippen LogP contribution is -2.64. The SMILES string of the molecule is CC/C=C\C/C=C\C/C=C\CCCCCCCC(=O)C(C(=O)CCCCCCC/C=C\C/C=C\C/C=C\CC)C(N)(C(=O)O)C(=O)CCCCCCC/C=C\C/C=C\C/C=C\CC. The van der Waals surface area contributed by atoms with Crippen molar-refractivity contribution in [2.45, 2.75) is 219 Å². The Morgan fingerprint density at radius 2 is 0.635 bits per heavy atom. The van der Waals surface area contributed by atoms with Crippen LogP contribution in [0.1, 0.15) is 213 Å². The van der Waals surface area contributed by atoms with Crippen molar-refractivity contribution in [3.8, 4) is 0 Å². The van der Waals surface area contributed by atoms with Crippen molar-refractivity contribution < 1.29 is 24.3 Å². The van der Waals surface area contributed by atoms with Crippen LogP contribution in [0.4, 0.5) is 0 Å². The first-order chi connectivity index (χ1) is 30.8. The molecule has 1 atom stereocenters. The molecule has 0 bridgehead atoms. The Morgan fingerprint density at radius 1 is 0.381 bits per heavy atom. The Morgan fingerprint density at radius 3 is 0.937 bits per heavy atom. The van der Waals surface area contributed by atoms with E-state index in [1.807, 2.05) is 0 Å². The van der Waals surface area contributed by atoms with Gasteiger partial charge >= 0.3 is 5.97 Å². The van der Waals surface area contributed by atoms with E-state index in [1.165, 1.54) is 0 Å². The predicted molar refractivity (Wildman–Crippen MR) is 271 cm³/mol. The highest BCUT2D eigenvalue weighted by atomic mass is 16.4. The maximum atomic E-state index is 13.8. The Balaban J connectivity index is 5.09. The first-order valence-electron chi connectivity index (χ1n) is 25.2. The normalized spacial score (nSPS) is 13.7. The van der Waals surface area contributed by atoms with E-state index in [4.69, 9.17) is 5.73 Å². The Hall–Kier alpha value is -3.90. The molecule has 6 heteroatoms. The van der Waals surface area contributed by atoms with Crippen molar-refractivity contribution in [2.75, 3.05) is 0 Å². The molecular weight excluding hydrogens is 779 g/mol. The number of hydrogen-bond acceptors (Lipinski definition) is 5. The van der Waals surface area contributed by atoms with Gasteiger partial charge in [-0.05, 0) is 116 Å². The van der Waals surface area contributed by atoms with Crippen LogP contribution in [0.5, 0.6) is 0 Å². The molecule has 0 fully saturated rings. The van der Waals surface area contributed by atoms with Crippen LogP contribution in [0.2, 0.25) is 0 Å². The fourth-order valence-corrected chi connectivity index (χ4v) is 7.33. The minimum atomic E-state index is -2.54. The molecule has 354 valence electrons. The van der Waals surface area contributed by atoms with E-state index in [9.17, 15) is 24.3 Å². The molecule has 1 unspecified atom stereocenters. The van der Waals surface area contributed by atoms with Crippen molar-refractivity contribution in [3.63, 3.8) is 0 Å². The highest BCUT2D eigenvalue weighted by molar-refractivity contribution is 6.18. The molecule has 0 heterocycles. The minimum Gasteiger partial charge on any atom is -0.480 e. The quantitative estimate of drug-likeness (QED) is 0.0358. The Kier molecular flexibility index (Phi) is 41.9. The molecule has 6 nitrogen and oxygen atoms in total. The number of carboxylic acid groups (broad SMARTS) is 1. The molecule has 0 aromatic rings. The number of unbranched alkanes of at least 4 members (excludes halogenated alkanes) is 15. The zero-order valence-electron chi connectivity index (χ0n) is 40.3. The summed E-state index contributed by atoms with van der Waals surface area (Å²) < 4.78 is 0. The molecule has 0 aliphatic carbocycles. The van der Waals surface area contributed by atoms with Crippen molar-refractivity contribution in [1.82, 2.24) is 0 Å². The van der Waals surface area contributed by atoms with Gasteiger partial charge in [0.1, 0.15) is 17.5 Å². The lowest BCUT2D eigenvalue weighted by atomic mass is 9.72. The van der Waals surface area contributed by atoms with Crippen LogP contribution >= 0.6 is 0 Å². The smallest absolute Gasteiger partial charge is 0.332 e. The topological polar surface area (TPSA) is 115 Å². The molecule has 0 saturated heterocycles. The second kappa shape index (κ2) is 44.7. The summed E-state index contributed by atoms with van der Waals surface area (Å²) in [5.74, 6) is -4.95. The van der Waals surface area contributed by atoms with Gasteiger partial charge < -0.3 is 10.8 Å².